The van der Waals surface area contributed by atoms with E-state index in [4.69, 9.17) is 15.0 Å². The molecule has 0 aliphatic carbocycles. The number of carbonyl (C=O) groups is 1. The van der Waals surface area contributed by atoms with Gasteiger partial charge in [0.2, 0.25) is 5.91 Å². The Morgan fingerprint density at radius 1 is 1.21 bits per heavy atom. The summed E-state index contributed by atoms with van der Waals surface area (Å²) in [5.74, 6) is 1.82. The van der Waals surface area contributed by atoms with Gasteiger partial charge in [-0.05, 0) is 44.0 Å². The number of nitrogens with zero attached hydrogens (tertiary/aromatic N) is 7. The maximum atomic E-state index is 11.7. The zero-order valence-electron chi connectivity index (χ0n) is 19.8. The van der Waals surface area contributed by atoms with Crippen molar-refractivity contribution in [3.8, 4) is 6.07 Å². The van der Waals surface area contributed by atoms with Crippen LogP contribution in [0.1, 0.15) is 42.4 Å². The van der Waals surface area contributed by atoms with Crippen LogP contribution in [-0.4, -0.2) is 51.5 Å². The van der Waals surface area contributed by atoms with Gasteiger partial charge in [-0.15, -0.1) is 0 Å². The van der Waals surface area contributed by atoms with Crippen molar-refractivity contribution >= 4 is 22.6 Å². The van der Waals surface area contributed by atoms with Crippen LogP contribution < -0.4 is 10.4 Å². The zero-order valence-corrected chi connectivity index (χ0v) is 19.8. The molecule has 2 aromatic heterocycles. The molecule has 170 valence electrons. The summed E-state index contributed by atoms with van der Waals surface area (Å²) >= 11 is 0. The molecule has 1 atom stereocenters. The van der Waals surface area contributed by atoms with Crippen molar-refractivity contribution < 1.29 is 4.79 Å². The van der Waals surface area contributed by atoms with E-state index in [1.54, 1.807) is 6.92 Å². The number of nitriles is 1. The van der Waals surface area contributed by atoms with E-state index in [1.807, 2.05) is 61.7 Å². The van der Waals surface area contributed by atoms with Gasteiger partial charge in [-0.3, -0.25) is 9.79 Å². The van der Waals surface area contributed by atoms with Crippen molar-refractivity contribution in [3.63, 3.8) is 0 Å². The Hall–Kier alpha value is -3.73. The van der Waals surface area contributed by atoms with E-state index in [1.165, 1.54) is 0 Å². The Bertz CT molecular complexity index is 1330. The van der Waals surface area contributed by atoms with Crippen molar-refractivity contribution in [1.29, 1.82) is 5.26 Å². The highest BCUT2D eigenvalue weighted by atomic mass is 16.2. The molecule has 0 N–H and O–H groups in total. The average molecular weight is 444 g/mol. The summed E-state index contributed by atoms with van der Waals surface area (Å²) in [5, 5.41) is 10.3. The second-order valence-electron chi connectivity index (χ2n) is 8.53. The second kappa shape index (κ2) is 9.02. The van der Waals surface area contributed by atoms with Crippen molar-refractivity contribution in [2.75, 3.05) is 31.1 Å². The van der Waals surface area contributed by atoms with Crippen molar-refractivity contribution in [3.05, 3.63) is 58.5 Å². The average Bonchev–Trinajstić information content (AvgIpc) is 2.82. The predicted molar refractivity (Wildman–Crippen MR) is 128 cm³/mol. The van der Waals surface area contributed by atoms with Gasteiger partial charge in [0.1, 0.15) is 11.6 Å². The van der Waals surface area contributed by atoms with Gasteiger partial charge >= 0.3 is 0 Å². The molecule has 8 nitrogen and oxygen atoms in total. The lowest BCUT2D eigenvalue weighted by Gasteiger charge is -2.35. The molecule has 1 fully saturated rings. The van der Waals surface area contributed by atoms with Crippen molar-refractivity contribution in [1.82, 2.24) is 19.4 Å². The Labute approximate surface area is 193 Å². The normalized spacial score (nSPS) is 15.6. The second-order valence-corrected chi connectivity index (χ2v) is 8.53. The molecule has 1 aliphatic rings. The van der Waals surface area contributed by atoms with Crippen LogP contribution in [0.3, 0.4) is 0 Å². The molecule has 3 heterocycles. The number of rotatable bonds is 3. The van der Waals surface area contributed by atoms with Crippen LogP contribution in [0, 0.1) is 25.2 Å². The fraction of sp³-hybridized carbons (Fsp3) is 0.400. The molecule has 8 heteroatoms. The number of piperazine rings is 1. The molecule has 4 rings (SSSR count). The minimum Gasteiger partial charge on any atom is -0.353 e. The molecule has 0 saturated carbocycles. The highest BCUT2D eigenvalue weighted by Gasteiger charge is 2.20. The quantitative estimate of drug-likeness (QED) is 0.621. The van der Waals surface area contributed by atoms with Crippen LogP contribution in [-0.2, 0) is 11.8 Å². The third-order valence-electron chi connectivity index (χ3n) is 6.54. The van der Waals surface area contributed by atoms with Crippen LogP contribution in [0.5, 0.6) is 0 Å². The summed E-state index contributed by atoms with van der Waals surface area (Å²) < 4.78 is 2.02. The summed E-state index contributed by atoms with van der Waals surface area (Å²) in [5.41, 5.74) is 4.26. The Kier molecular flexibility index (Phi) is 6.14. The first-order valence-electron chi connectivity index (χ1n) is 11.2. The molecule has 0 unspecified atom stereocenters. The SMILES string of the molecule is CC(=O)N1CCN(c2cc3c(=N[C@H](C)c4cccc(C#N)c4C)nc(C)n(C)c3cn2)CC1. The maximum absolute atomic E-state index is 11.7. The number of hydrogen-bond donors (Lipinski definition) is 0. The molecular formula is C25H29N7O. The molecule has 0 radical (unpaired) electrons. The fourth-order valence-electron chi connectivity index (χ4n) is 4.35. The maximum Gasteiger partial charge on any atom is 0.219 e. The van der Waals surface area contributed by atoms with Gasteiger partial charge in [-0.2, -0.15) is 5.26 Å². The Morgan fingerprint density at radius 2 is 1.94 bits per heavy atom. The summed E-state index contributed by atoms with van der Waals surface area (Å²) in [6.07, 6.45) is 1.88. The van der Waals surface area contributed by atoms with Gasteiger partial charge in [0.15, 0.2) is 5.49 Å². The first kappa shape index (κ1) is 22.5. The number of aromatic nitrogens is 3. The van der Waals surface area contributed by atoms with Gasteiger partial charge in [0.25, 0.3) is 0 Å². The van der Waals surface area contributed by atoms with E-state index in [9.17, 15) is 10.1 Å². The van der Waals surface area contributed by atoms with Gasteiger partial charge in [-0.25, -0.2) is 9.97 Å². The van der Waals surface area contributed by atoms with Crippen LogP contribution >= 0.6 is 0 Å². The number of amides is 1. The van der Waals surface area contributed by atoms with Crippen LogP contribution in [0.4, 0.5) is 5.82 Å². The lowest BCUT2D eigenvalue weighted by Crippen LogP contribution is -2.48. The third kappa shape index (κ3) is 4.31. The first-order valence-corrected chi connectivity index (χ1v) is 11.2. The lowest BCUT2D eigenvalue weighted by atomic mass is 9.98. The number of pyridine rings is 1. The number of anilines is 1. The summed E-state index contributed by atoms with van der Waals surface area (Å²) in [6.45, 7) is 10.4. The summed E-state index contributed by atoms with van der Waals surface area (Å²) in [7, 11) is 1.98. The number of hydrogen-bond acceptors (Lipinski definition) is 6. The smallest absolute Gasteiger partial charge is 0.219 e. The van der Waals surface area contributed by atoms with Gasteiger partial charge in [0, 0.05) is 45.5 Å². The Balaban J connectivity index is 1.78. The number of benzene rings is 1. The highest BCUT2D eigenvalue weighted by molar-refractivity contribution is 5.80. The summed E-state index contributed by atoms with van der Waals surface area (Å²) in [6, 6.07) is 9.90. The van der Waals surface area contributed by atoms with E-state index in [0.717, 1.165) is 46.8 Å². The standard InChI is InChI=1S/C25H29N7O/c1-16-20(14-26)7-6-8-21(16)17(2)28-25-22-13-24(27-15-23(22)30(5)18(3)29-25)32-11-9-31(10-12-32)19(4)33/h6-8,13,15,17H,9-12H2,1-5H3/t17-/m1/s1. The number of aryl methyl sites for hydroxylation is 2. The minimum absolute atomic E-state index is 0.110. The third-order valence-corrected chi connectivity index (χ3v) is 6.54. The lowest BCUT2D eigenvalue weighted by molar-refractivity contribution is -0.129. The van der Waals surface area contributed by atoms with Gasteiger partial charge in [-0.1, -0.05) is 12.1 Å². The van der Waals surface area contributed by atoms with E-state index >= 15 is 0 Å². The van der Waals surface area contributed by atoms with E-state index < -0.39 is 0 Å². The highest BCUT2D eigenvalue weighted by Crippen LogP contribution is 2.24. The van der Waals surface area contributed by atoms with E-state index in [0.29, 0.717) is 24.1 Å². The van der Waals surface area contributed by atoms with Crippen molar-refractivity contribution in [2.24, 2.45) is 12.0 Å². The molecule has 1 amide bonds. The van der Waals surface area contributed by atoms with E-state index in [2.05, 4.69) is 17.0 Å². The topological polar surface area (TPSA) is 90.4 Å². The van der Waals surface area contributed by atoms with Crippen molar-refractivity contribution in [2.45, 2.75) is 33.7 Å². The monoisotopic (exact) mass is 443 g/mol. The fourth-order valence-corrected chi connectivity index (χ4v) is 4.35. The zero-order chi connectivity index (χ0) is 23.7. The van der Waals surface area contributed by atoms with Gasteiger partial charge in [0.05, 0.1) is 29.4 Å². The predicted octanol–water partition coefficient (Wildman–Crippen LogP) is 2.79. The molecule has 1 saturated heterocycles. The number of carbonyl (C=O) groups excluding carboxylic acids is 1. The van der Waals surface area contributed by atoms with Crippen LogP contribution in [0.25, 0.3) is 10.9 Å². The van der Waals surface area contributed by atoms with Crippen LogP contribution in [0.2, 0.25) is 0 Å². The number of fused-ring (bicyclic) bond motifs is 1. The first-order chi connectivity index (χ1) is 15.8. The van der Waals surface area contributed by atoms with E-state index in [-0.39, 0.29) is 11.9 Å². The molecule has 1 aliphatic heterocycles. The molecule has 1 aromatic carbocycles. The molecule has 0 spiro atoms. The molecular weight excluding hydrogens is 414 g/mol. The summed E-state index contributed by atoms with van der Waals surface area (Å²) in [4.78, 5) is 30.2. The Morgan fingerprint density at radius 3 is 2.61 bits per heavy atom. The molecule has 3 aromatic rings. The van der Waals surface area contributed by atoms with Gasteiger partial charge < -0.3 is 14.4 Å². The largest absolute Gasteiger partial charge is 0.353 e. The molecule has 0 bridgehead atoms. The van der Waals surface area contributed by atoms with Crippen LogP contribution in [0.15, 0.2) is 35.5 Å². The molecule has 33 heavy (non-hydrogen) atoms. The minimum atomic E-state index is -0.156.